The van der Waals surface area contributed by atoms with Crippen molar-refractivity contribution in [3.8, 4) is 46.0 Å². The number of benzene rings is 3. The highest BCUT2D eigenvalue weighted by Crippen LogP contribution is 2.44. The number of fused-ring (bicyclic) bond motifs is 1. The highest BCUT2D eigenvalue weighted by atomic mass is 16.6. The first-order valence-electron chi connectivity index (χ1n) is 10.1. The molecule has 0 saturated heterocycles. The van der Waals surface area contributed by atoms with Gasteiger partial charge in [0.15, 0.2) is 34.9 Å². The predicted octanol–water partition coefficient (Wildman–Crippen LogP) is 3.13. The normalized spacial score (nSPS) is 16.9. The fourth-order valence-electron chi connectivity index (χ4n) is 3.76. The Morgan fingerprint density at radius 3 is 2.24 bits per heavy atom. The minimum Gasteiger partial charge on any atom is -0.504 e. The summed E-state index contributed by atoms with van der Waals surface area (Å²) >= 11 is 0. The van der Waals surface area contributed by atoms with Crippen molar-refractivity contribution >= 4 is 5.97 Å². The Morgan fingerprint density at radius 2 is 1.62 bits per heavy atom. The number of carbonyl (C=O) groups is 1. The van der Waals surface area contributed by atoms with Gasteiger partial charge in [0.1, 0.15) is 23.4 Å². The quantitative estimate of drug-likeness (QED) is 0.213. The highest BCUT2D eigenvalue weighted by molar-refractivity contribution is 5.92. The van der Waals surface area contributed by atoms with E-state index in [1.807, 2.05) is 0 Å². The van der Waals surface area contributed by atoms with Crippen molar-refractivity contribution in [3.63, 3.8) is 0 Å². The molecule has 0 amide bonds. The van der Waals surface area contributed by atoms with Gasteiger partial charge < -0.3 is 44.5 Å². The van der Waals surface area contributed by atoms with Crippen LogP contribution in [0.3, 0.4) is 0 Å². The molecule has 2 atom stereocenters. The summed E-state index contributed by atoms with van der Waals surface area (Å²) in [6.45, 7) is 0. The summed E-state index contributed by atoms with van der Waals surface area (Å²) in [5.41, 5.74) is 1.04. The lowest BCUT2D eigenvalue weighted by Crippen LogP contribution is -2.32. The Bertz CT molecular complexity index is 1230. The Kier molecular flexibility index (Phi) is 5.99. The minimum absolute atomic E-state index is 0.0656. The molecule has 0 aromatic heterocycles. The van der Waals surface area contributed by atoms with E-state index in [0.717, 1.165) is 12.1 Å². The van der Waals surface area contributed by atoms with E-state index in [1.165, 1.54) is 38.5 Å². The second-order valence-corrected chi connectivity index (χ2v) is 7.62. The molecule has 178 valence electrons. The van der Waals surface area contributed by atoms with E-state index >= 15 is 0 Å². The van der Waals surface area contributed by atoms with Gasteiger partial charge in [0.2, 0.25) is 0 Å². The summed E-state index contributed by atoms with van der Waals surface area (Å²) in [5.74, 6) is -2.78. The number of carbonyl (C=O) groups excluding carboxylic acids is 1. The van der Waals surface area contributed by atoms with Crippen LogP contribution in [0.1, 0.15) is 27.6 Å². The van der Waals surface area contributed by atoms with Gasteiger partial charge in [-0.2, -0.15) is 0 Å². The van der Waals surface area contributed by atoms with Gasteiger partial charge in [-0.05, 0) is 29.8 Å². The van der Waals surface area contributed by atoms with Crippen molar-refractivity contribution in [1.82, 2.24) is 0 Å². The number of phenolic OH excluding ortho intramolecular Hbond substituents is 5. The summed E-state index contributed by atoms with van der Waals surface area (Å²) in [7, 11) is 2.97. The number of phenols is 5. The standard InChI is InChI=1S/C24H22O10/c1-31-19-8-13(33-24(30)12-6-17(27)22(29)18(28)7-12)9-20-14(19)10-21(32-2)23(34-20)11-3-4-15(25)16(26)5-11/h3-9,21,23,25-29H,10H2,1-2H3. The zero-order valence-corrected chi connectivity index (χ0v) is 18.2. The molecule has 2 unspecified atom stereocenters. The van der Waals surface area contributed by atoms with E-state index in [-0.39, 0.29) is 22.8 Å². The Hall–Kier alpha value is -4.31. The van der Waals surface area contributed by atoms with Crippen molar-refractivity contribution < 1.29 is 49.3 Å². The van der Waals surface area contributed by atoms with Gasteiger partial charge in [-0.15, -0.1) is 0 Å². The first-order valence-corrected chi connectivity index (χ1v) is 10.1. The van der Waals surface area contributed by atoms with Gasteiger partial charge in [-0.25, -0.2) is 4.79 Å². The molecule has 1 aliphatic rings. The van der Waals surface area contributed by atoms with Crippen molar-refractivity contribution in [1.29, 1.82) is 0 Å². The number of hydrogen-bond acceptors (Lipinski definition) is 10. The summed E-state index contributed by atoms with van der Waals surface area (Å²) in [6.07, 6.45) is -0.706. The molecule has 0 bridgehead atoms. The van der Waals surface area contributed by atoms with E-state index in [4.69, 9.17) is 18.9 Å². The van der Waals surface area contributed by atoms with Crippen molar-refractivity contribution in [3.05, 3.63) is 59.2 Å². The molecular weight excluding hydrogens is 448 g/mol. The number of ether oxygens (including phenoxy) is 4. The SMILES string of the molecule is COc1cc(OC(=O)c2cc(O)c(O)c(O)c2)cc2c1CC(OC)C(c1ccc(O)c(O)c1)O2. The first-order chi connectivity index (χ1) is 16.2. The smallest absolute Gasteiger partial charge is 0.343 e. The van der Waals surface area contributed by atoms with E-state index in [9.17, 15) is 30.3 Å². The fraction of sp³-hybridized carbons (Fsp3) is 0.208. The third-order valence-corrected chi connectivity index (χ3v) is 5.51. The second kappa shape index (κ2) is 8.91. The predicted molar refractivity (Wildman–Crippen MR) is 117 cm³/mol. The second-order valence-electron chi connectivity index (χ2n) is 7.62. The van der Waals surface area contributed by atoms with Crippen LogP contribution in [-0.4, -0.2) is 51.8 Å². The Balaban J connectivity index is 1.67. The van der Waals surface area contributed by atoms with Crippen molar-refractivity contribution in [2.75, 3.05) is 14.2 Å². The Morgan fingerprint density at radius 1 is 0.912 bits per heavy atom. The molecule has 4 rings (SSSR count). The summed E-state index contributed by atoms with van der Waals surface area (Å²) in [6, 6.07) is 9.20. The van der Waals surface area contributed by atoms with Crippen LogP contribution in [0.25, 0.3) is 0 Å². The van der Waals surface area contributed by atoms with E-state index in [0.29, 0.717) is 29.0 Å². The zero-order valence-electron chi connectivity index (χ0n) is 18.2. The molecule has 34 heavy (non-hydrogen) atoms. The average Bonchev–Trinajstić information content (AvgIpc) is 2.82. The number of methoxy groups -OCH3 is 2. The van der Waals surface area contributed by atoms with Crippen LogP contribution in [0.15, 0.2) is 42.5 Å². The molecule has 1 heterocycles. The lowest BCUT2D eigenvalue weighted by Gasteiger charge is -2.34. The maximum atomic E-state index is 12.6. The molecular formula is C24H22O10. The molecule has 0 radical (unpaired) electrons. The van der Waals surface area contributed by atoms with Gasteiger partial charge in [-0.1, -0.05) is 6.07 Å². The molecule has 5 N–H and O–H groups in total. The van der Waals surface area contributed by atoms with Crippen LogP contribution < -0.4 is 14.2 Å². The van der Waals surface area contributed by atoms with Crippen LogP contribution in [0, 0.1) is 0 Å². The molecule has 1 aliphatic heterocycles. The van der Waals surface area contributed by atoms with Crippen LogP contribution in [0.2, 0.25) is 0 Å². The van der Waals surface area contributed by atoms with Crippen LogP contribution >= 0.6 is 0 Å². The highest BCUT2D eigenvalue weighted by Gasteiger charge is 2.34. The van der Waals surface area contributed by atoms with Crippen molar-refractivity contribution in [2.24, 2.45) is 0 Å². The lowest BCUT2D eigenvalue weighted by molar-refractivity contribution is -0.0122. The average molecular weight is 470 g/mol. The summed E-state index contributed by atoms with van der Waals surface area (Å²) in [5, 5.41) is 48.3. The van der Waals surface area contributed by atoms with Crippen LogP contribution in [-0.2, 0) is 11.2 Å². The molecule has 10 nitrogen and oxygen atoms in total. The molecule has 0 spiro atoms. The van der Waals surface area contributed by atoms with E-state index < -0.39 is 35.4 Å². The van der Waals surface area contributed by atoms with Gasteiger partial charge in [0.25, 0.3) is 0 Å². The molecule has 10 heteroatoms. The summed E-state index contributed by atoms with van der Waals surface area (Å²) in [4.78, 5) is 12.6. The molecule has 0 aliphatic carbocycles. The third kappa shape index (κ3) is 4.18. The van der Waals surface area contributed by atoms with Gasteiger partial charge in [0, 0.05) is 31.2 Å². The molecule has 3 aromatic carbocycles. The maximum absolute atomic E-state index is 12.6. The maximum Gasteiger partial charge on any atom is 0.343 e. The number of aromatic hydroxyl groups is 5. The minimum atomic E-state index is -0.904. The van der Waals surface area contributed by atoms with Crippen LogP contribution in [0.4, 0.5) is 0 Å². The third-order valence-electron chi connectivity index (χ3n) is 5.51. The van der Waals surface area contributed by atoms with Crippen LogP contribution in [0.5, 0.6) is 46.0 Å². The van der Waals surface area contributed by atoms with Gasteiger partial charge in [-0.3, -0.25) is 0 Å². The van der Waals surface area contributed by atoms with Crippen molar-refractivity contribution in [2.45, 2.75) is 18.6 Å². The van der Waals surface area contributed by atoms with Gasteiger partial charge >= 0.3 is 5.97 Å². The Labute approximate surface area is 193 Å². The summed E-state index contributed by atoms with van der Waals surface area (Å²) < 4.78 is 22.6. The zero-order chi connectivity index (χ0) is 24.6. The van der Waals surface area contributed by atoms with Gasteiger partial charge in [0.05, 0.1) is 12.7 Å². The van der Waals surface area contributed by atoms with E-state index in [2.05, 4.69) is 0 Å². The monoisotopic (exact) mass is 470 g/mol. The molecule has 3 aromatic rings. The first kappa shape index (κ1) is 22.9. The number of hydrogen-bond donors (Lipinski definition) is 5. The van der Waals surface area contributed by atoms with E-state index in [1.54, 1.807) is 6.07 Å². The topological polar surface area (TPSA) is 155 Å². The fourth-order valence-corrected chi connectivity index (χ4v) is 3.76. The largest absolute Gasteiger partial charge is 0.504 e. The lowest BCUT2D eigenvalue weighted by atomic mass is 9.93. The molecule has 0 fully saturated rings. The molecule has 0 saturated carbocycles. The number of esters is 1. The number of rotatable bonds is 5.